The maximum absolute atomic E-state index is 12.6. The van der Waals surface area contributed by atoms with Crippen LogP contribution in [0, 0.1) is 0 Å². The van der Waals surface area contributed by atoms with Gasteiger partial charge in [0.1, 0.15) is 5.71 Å². The predicted molar refractivity (Wildman–Crippen MR) is 96.9 cm³/mol. The zero-order valence-electron chi connectivity index (χ0n) is 14.2. The predicted octanol–water partition coefficient (Wildman–Crippen LogP) is 2.69. The third-order valence-electron chi connectivity index (χ3n) is 4.26. The lowest BCUT2D eigenvalue weighted by molar-refractivity contribution is -0.130. The zero-order valence-corrected chi connectivity index (χ0v) is 14.2. The summed E-state index contributed by atoms with van der Waals surface area (Å²) in [4.78, 5) is 24.2. The number of hydrogen-bond acceptors (Lipinski definition) is 3. The fourth-order valence-corrected chi connectivity index (χ4v) is 2.86. The normalized spacial score (nSPS) is 15.5. The summed E-state index contributed by atoms with van der Waals surface area (Å²) in [5.74, 6) is -0.287. The van der Waals surface area contributed by atoms with Crippen molar-refractivity contribution in [2.45, 2.75) is 25.3 Å². The Balaban J connectivity index is 1.79. The van der Waals surface area contributed by atoms with Crippen LogP contribution in [-0.4, -0.2) is 29.6 Å². The minimum absolute atomic E-state index is 0.0690. The lowest BCUT2D eigenvalue weighted by atomic mass is 9.98. The summed E-state index contributed by atoms with van der Waals surface area (Å²) in [6, 6.07) is 19.8. The van der Waals surface area contributed by atoms with E-state index >= 15 is 0 Å². The summed E-state index contributed by atoms with van der Waals surface area (Å²) in [7, 11) is 1.58. The number of nitrogens with one attached hydrogen (secondary N) is 1. The largest absolute Gasteiger partial charge is 0.344 e. The average molecular weight is 335 g/mol. The quantitative estimate of drug-likeness (QED) is 0.913. The number of hydrogen-bond donors (Lipinski definition) is 1. The molecule has 1 N–H and O–H groups in total. The van der Waals surface area contributed by atoms with E-state index in [2.05, 4.69) is 10.4 Å². The number of carbonyl (C=O) groups is 2. The van der Waals surface area contributed by atoms with Gasteiger partial charge >= 0.3 is 0 Å². The van der Waals surface area contributed by atoms with Gasteiger partial charge in [0.2, 0.25) is 5.91 Å². The first-order valence-corrected chi connectivity index (χ1v) is 8.37. The molecular formula is C20H21N3O2. The van der Waals surface area contributed by atoms with E-state index in [-0.39, 0.29) is 17.9 Å². The second-order valence-electron chi connectivity index (χ2n) is 6.09. The Labute approximate surface area is 147 Å². The fraction of sp³-hybridized carbons (Fsp3) is 0.250. The Hall–Kier alpha value is -2.95. The van der Waals surface area contributed by atoms with Crippen molar-refractivity contribution in [1.82, 2.24) is 10.3 Å². The highest BCUT2D eigenvalue weighted by molar-refractivity contribution is 6.39. The van der Waals surface area contributed by atoms with E-state index in [1.807, 2.05) is 60.7 Å². The second kappa shape index (κ2) is 7.75. The van der Waals surface area contributed by atoms with Crippen molar-refractivity contribution in [1.29, 1.82) is 0 Å². The molecule has 2 aromatic carbocycles. The monoisotopic (exact) mass is 335 g/mol. The Morgan fingerprint density at radius 2 is 1.72 bits per heavy atom. The molecule has 2 amide bonds. The molecule has 1 unspecified atom stereocenters. The van der Waals surface area contributed by atoms with Crippen LogP contribution in [0.3, 0.4) is 0 Å². The van der Waals surface area contributed by atoms with E-state index in [1.54, 1.807) is 7.05 Å². The van der Waals surface area contributed by atoms with Gasteiger partial charge in [0.05, 0.1) is 6.04 Å². The van der Waals surface area contributed by atoms with E-state index in [0.717, 1.165) is 11.1 Å². The Morgan fingerprint density at radius 3 is 2.36 bits per heavy atom. The van der Waals surface area contributed by atoms with E-state index in [9.17, 15) is 9.59 Å². The van der Waals surface area contributed by atoms with Crippen molar-refractivity contribution < 1.29 is 9.59 Å². The molecule has 128 valence electrons. The molecule has 1 atom stereocenters. The van der Waals surface area contributed by atoms with E-state index < -0.39 is 0 Å². The van der Waals surface area contributed by atoms with E-state index in [4.69, 9.17) is 0 Å². The zero-order chi connectivity index (χ0) is 17.6. The molecule has 5 nitrogen and oxygen atoms in total. The molecule has 0 spiro atoms. The molecule has 0 aromatic heterocycles. The molecule has 0 saturated carbocycles. The number of rotatable bonds is 5. The highest BCUT2D eigenvalue weighted by Gasteiger charge is 2.24. The van der Waals surface area contributed by atoms with Crippen LogP contribution < -0.4 is 5.32 Å². The Bertz CT molecular complexity index is 772. The third kappa shape index (κ3) is 4.32. The number of hydrazone groups is 1. The molecule has 5 heteroatoms. The van der Waals surface area contributed by atoms with Gasteiger partial charge in [0, 0.05) is 19.9 Å². The van der Waals surface area contributed by atoms with Crippen LogP contribution in [0.4, 0.5) is 0 Å². The van der Waals surface area contributed by atoms with Crippen molar-refractivity contribution in [3.8, 4) is 0 Å². The first kappa shape index (κ1) is 16.9. The lowest BCUT2D eigenvalue weighted by Gasteiger charge is -2.23. The summed E-state index contributed by atoms with van der Waals surface area (Å²) < 4.78 is 0. The van der Waals surface area contributed by atoms with Crippen LogP contribution in [0.25, 0.3) is 0 Å². The van der Waals surface area contributed by atoms with Gasteiger partial charge in [0.25, 0.3) is 5.91 Å². The Kier molecular flexibility index (Phi) is 5.23. The minimum atomic E-state index is -0.218. The van der Waals surface area contributed by atoms with Crippen LogP contribution >= 0.6 is 0 Å². The summed E-state index contributed by atoms with van der Waals surface area (Å²) in [5.41, 5.74) is 2.59. The van der Waals surface area contributed by atoms with Crippen LogP contribution in [-0.2, 0) is 16.0 Å². The molecule has 0 radical (unpaired) electrons. The van der Waals surface area contributed by atoms with Crippen LogP contribution in [0.5, 0.6) is 0 Å². The summed E-state index contributed by atoms with van der Waals surface area (Å²) in [5, 5.41) is 8.43. The molecular weight excluding hydrogens is 314 g/mol. The molecule has 0 aliphatic carbocycles. The molecule has 3 rings (SSSR count). The maximum Gasteiger partial charge on any atom is 0.267 e. The highest BCUT2D eigenvalue weighted by atomic mass is 16.2. The number of nitrogens with zero attached hydrogens (tertiary/aromatic N) is 2. The van der Waals surface area contributed by atoms with Gasteiger partial charge < -0.3 is 5.32 Å². The van der Waals surface area contributed by atoms with Gasteiger partial charge in [-0.2, -0.15) is 5.10 Å². The minimum Gasteiger partial charge on any atom is -0.344 e. The topological polar surface area (TPSA) is 61.8 Å². The Morgan fingerprint density at radius 1 is 1.08 bits per heavy atom. The van der Waals surface area contributed by atoms with Crippen molar-refractivity contribution >= 4 is 17.5 Å². The van der Waals surface area contributed by atoms with Gasteiger partial charge in [-0.15, -0.1) is 0 Å². The average Bonchev–Trinajstić information content (AvgIpc) is 2.65. The molecule has 1 aliphatic heterocycles. The number of amides is 2. The van der Waals surface area contributed by atoms with Gasteiger partial charge in [0.15, 0.2) is 0 Å². The standard InChI is InChI=1S/C20H21N3O2/c1-23-19(24)13-12-17(22-23)20(25)21-18(16-10-6-3-7-11-16)14-15-8-4-2-5-9-15/h2-11,18H,12-14H2,1H3,(H,21,25). The number of benzene rings is 2. The smallest absolute Gasteiger partial charge is 0.267 e. The van der Waals surface area contributed by atoms with Gasteiger partial charge in [-0.1, -0.05) is 60.7 Å². The van der Waals surface area contributed by atoms with Crippen LogP contribution in [0.1, 0.15) is 30.0 Å². The SMILES string of the molecule is CN1N=C(C(=O)NC(Cc2ccccc2)c2ccccc2)CCC1=O. The van der Waals surface area contributed by atoms with Gasteiger partial charge in [-0.25, -0.2) is 5.01 Å². The van der Waals surface area contributed by atoms with Crippen LogP contribution in [0.15, 0.2) is 65.8 Å². The highest BCUT2D eigenvalue weighted by Crippen LogP contribution is 2.19. The molecule has 1 aliphatic rings. The maximum atomic E-state index is 12.6. The van der Waals surface area contributed by atoms with Crippen molar-refractivity contribution in [2.24, 2.45) is 5.10 Å². The van der Waals surface area contributed by atoms with Crippen LogP contribution in [0.2, 0.25) is 0 Å². The number of carbonyl (C=O) groups excluding carboxylic acids is 2. The third-order valence-corrected chi connectivity index (χ3v) is 4.26. The first-order chi connectivity index (χ1) is 12.1. The summed E-state index contributed by atoms with van der Waals surface area (Å²) >= 11 is 0. The van der Waals surface area contributed by atoms with E-state index in [1.165, 1.54) is 5.01 Å². The van der Waals surface area contributed by atoms with Crippen molar-refractivity contribution in [3.63, 3.8) is 0 Å². The molecule has 1 heterocycles. The summed E-state index contributed by atoms with van der Waals surface area (Å²) in [6.07, 6.45) is 1.39. The van der Waals surface area contributed by atoms with Gasteiger partial charge in [-0.05, 0) is 17.5 Å². The molecule has 0 saturated heterocycles. The lowest BCUT2D eigenvalue weighted by Crippen LogP contribution is -2.39. The van der Waals surface area contributed by atoms with Crippen molar-refractivity contribution in [2.75, 3.05) is 7.05 Å². The van der Waals surface area contributed by atoms with Crippen molar-refractivity contribution in [3.05, 3.63) is 71.8 Å². The fourth-order valence-electron chi connectivity index (χ4n) is 2.86. The molecule has 0 fully saturated rings. The van der Waals surface area contributed by atoms with E-state index in [0.29, 0.717) is 25.0 Å². The van der Waals surface area contributed by atoms with Gasteiger partial charge in [-0.3, -0.25) is 9.59 Å². The summed E-state index contributed by atoms with van der Waals surface area (Å²) in [6.45, 7) is 0. The molecule has 25 heavy (non-hydrogen) atoms. The first-order valence-electron chi connectivity index (χ1n) is 8.37. The second-order valence-corrected chi connectivity index (χ2v) is 6.09. The molecule has 0 bridgehead atoms. The molecule has 2 aromatic rings.